The second-order valence-corrected chi connectivity index (χ2v) is 10.3. The summed E-state index contributed by atoms with van der Waals surface area (Å²) in [5.74, 6) is 0.990. The molecule has 0 N–H and O–H groups in total. The molecule has 230 valence electrons. The summed E-state index contributed by atoms with van der Waals surface area (Å²) in [6.45, 7) is 6.98. The first-order valence-electron chi connectivity index (χ1n) is 15.2. The van der Waals surface area contributed by atoms with Gasteiger partial charge in [-0.3, -0.25) is 14.5 Å². The Morgan fingerprint density at radius 3 is 2.02 bits per heavy atom. The van der Waals surface area contributed by atoms with Crippen molar-refractivity contribution in [2.75, 3.05) is 20.3 Å². The minimum absolute atomic E-state index is 0. The van der Waals surface area contributed by atoms with Gasteiger partial charge in [0.2, 0.25) is 11.6 Å². The zero-order chi connectivity index (χ0) is 29.0. The Morgan fingerprint density at radius 2 is 1.44 bits per heavy atom. The van der Waals surface area contributed by atoms with Crippen molar-refractivity contribution in [2.45, 2.75) is 111 Å². The van der Waals surface area contributed by atoms with Gasteiger partial charge in [-0.15, -0.1) is 0 Å². The van der Waals surface area contributed by atoms with Gasteiger partial charge < -0.3 is 38.2 Å². The maximum atomic E-state index is 12.9. The normalized spacial score (nSPS) is 10.5. The molecule has 1 aromatic heterocycles. The molecule has 0 aliphatic heterocycles. The van der Waals surface area contributed by atoms with Crippen LogP contribution in [0.5, 0.6) is 17.2 Å². The summed E-state index contributed by atoms with van der Waals surface area (Å²) in [5.41, 5.74) is 0.881. The number of aryl methyl sites for hydroxylation is 1. The van der Waals surface area contributed by atoms with Crippen LogP contribution in [0.4, 0.5) is 0 Å². The Bertz CT molecular complexity index is 1020. The monoisotopic (exact) mass is 682 g/mol. The van der Waals surface area contributed by atoms with E-state index in [0.717, 1.165) is 25.1 Å². The number of carbonyl (C=O) groups is 2. The number of nitrogens with zero attached hydrogens (tertiary/aromatic N) is 2. The van der Waals surface area contributed by atoms with Gasteiger partial charge in [0.05, 0.1) is 13.7 Å². The van der Waals surface area contributed by atoms with Gasteiger partial charge in [-0.2, -0.15) is 0 Å². The van der Waals surface area contributed by atoms with Crippen LogP contribution in [0.1, 0.15) is 104 Å². The smallest absolute Gasteiger partial charge is 0.267 e. The molecular formula is C33H51IN2O5. The predicted octanol–water partition coefficient (Wildman–Crippen LogP) is 4.04. The van der Waals surface area contributed by atoms with Crippen LogP contribution in [0.2, 0.25) is 0 Å². The van der Waals surface area contributed by atoms with Crippen LogP contribution in [0, 0.1) is 0 Å². The first-order chi connectivity index (χ1) is 19.5. The van der Waals surface area contributed by atoms with Crippen LogP contribution in [-0.4, -0.2) is 37.0 Å². The summed E-state index contributed by atoms with van der Waals surface area (Å²) in [7, 11) is 1.60. The van der Waals surface area contributed by atoms with E-state index in [-0.39, 0.29) is 43.0 Å². The van der Waals surface area contributed by atoms with Gasteiger partial charge in [0.1, 0.15) is 18.8 Å². The molecule has 0 saturated carbocycles. The van der Waals surface area contributed by atoms with Crippen molar-refractivity contribution in [2.24, 2.45) is 0 Å². The lowest BCUT2D eigenvalue weighted by Crippen LogP contribution is -3.00. The predicted molar refractivity (Wildman–Crippen MR) is 159 cm³/mol. The van der Waals surface area contributed by atoms with Crippen LogP contribution in [0.15, 0.2) is 42.6 Å². The molecule has 1 aromatic carbocycles. The fourth-order valence-electron chi connectivity index (χ4n) is 4.71. The molecule has 0 spiro atoms. The number of methoxy groups -OCH3 is 1. The minimum atomic E-state index is -0.395. The molecule has 0 bridgehead atoms. The van der Waals surface area contributed by atoms with Gasteiger partial charge >= 0.3 is 0 Å². The van der Waals surface area contributed by atoms with Crippen LogP contribution >= 0.6 is 0 Å². The highest BCUT2D eigenvalue weighted by Crippen LogP contribution is 2.31. The zero-order valence-corrected chi connectivity index (χ0v) is 27.8. The van der Waals surface area contributed by atoms with E-state index in [1.807, 2.05) is 35.9 Å². The van der Waals surface area contributed by atoms with Crippen molar-refractivity contribution in [3.8, 4) is 17.2 Å². The lowest BCUT2D eigenvalue weighted by Gasteiger charge is -2.19. The number of imide groups is 1. The summed E-state index contributed by atoms with van der Waals surface area (Å²) in [5, 5.41) is 0. The van der Waals surface area contributed by atoms with E-state index in [4.69, 9.17) is 14.2 Å². The molecule has 0 aliphatic rings. The molecule has 0 atom stereocenters. The number of unbranched alkanes of at least 4 members (excludes halogenated alkanes) is 11. The molecule has 7 nitrogen and oxygen atoms in total. The number of hydrogen-bond donors (Lipinski definition) is 0. The fraction of sp³-hybridized carbons (Fsp3) is 0.606. The number of hydrogen-bond acceptors (Lipinski definition) is 5. The highest BCUT2D eigenvalue weighted by Gasteiger charge is 2.23. The lowest BCUT2D eigenvalue weighted by atomic mass is 10.1. The molecule has 2 amide bonds. The number of carbonyl (C=O) groups excluding carboxylic acids is 2. The van der Waals surface area contributed by atoms with Gasteiger partial charge in [0.25, 0.3) is 5.91 Å². The number of halogens is 1. The van der Waals surface area contributed by atoms with E-state index in [2.05, 4.69) is 6.92 Å². The molecule has 8 heteroatoms. The topological polar surface area (TPSA) is 69.0 Å². The molecule has 0 radical (unpaired) electrons. The third-order valence-electron chi connectivity index (χ3n) is 7.13. The molecular weight excluding hydrogens is 631 g/mol. The Balaban J connectivity index is 0.00000840. The standard InChI is InChI=1S/C33H51N2O5.HI/c1-5-7-8-9-10-11-12-13-14-15-16-19-24-39-32-25-30(21-22-31(32)38-4)40-27-33(37)35(28(3)36)26-29-20-17-18-23-34(29)6-2;/h17-18,20-23,25H,5-16,19,24,26-27H2,1-4H3;1H/q+1;/p-1. The summed E-state index contributed by atoms with van der Waals surface area (Å²) in [6.07, 6.45) is 17.5. The Hall–Kier alpha value is -2.36. The minimum Gasteiger partial charge on any atom is -1.00 e. The van der Waals surface area contributed by atoms with Crippen LogP contribution < -0.4 is 42.8 Å². The largest absolute Gasteiger partial charge is 1.00 e. The van der Waals surface area contributed by atoms with Crippen LogP contribution in [-0.2, 0) is 22.7 Å². The average molecular weight is 683 g/mol. The molecule has 0 unspecified atom stereocenters. The molecule has 1 heterocycles. The molecule has 2 aromatic rings. The number of benzene rings is 1. The number of rotatable bonds is 21. The first-order valence-corrected chi connectivity index (χ1v) is 15.2. The van der Waals surface area contributed by atoms with Gasteiger partial charge in [-0.25, -0.2) is 4.57 Å². The maximum absolute atomic E-state index is 12.9. The Morgan fingerprint density at radius 1 is 0.805 bits per heavy atom. The number of ether oxygens (including phenoxy) is 3. The Labute approximate surface area is 265 Å². The highest BCUT2D eigenvalue weighted by molar-refractivity contribution is 5.94. The molecule has 0 saturated heterocycles. The molecule has 2 rings (SSSR count). The van der Waals surface area contributed by atoms with E-state index < -0.39 is 5.91 Å². The van der Waals surface area contributed by atoms with Crippen molar-refractivity contribution in [1.82, 2.24) is 4.90 Å². The summed E-state index contributed by atoms with van der Waals surface area (Å²) in [4.78, 5) is 26.4. The quantitative estimate of drug-likeness (QED) is 0.113. The SMILES string of the molecule is CCCCCCCCCCCCCCOc1cc(OCC(=O)N(Cc2cccc[n+]2CC)C(C)=O)ccc1OC.[I-]. The molecule has 0 aliphatic carbocycles. The summed E-state index contributed by atoms with van der Waals surface area (Å²) >= 11 is 0. The van der Waals surface area contributed by atoms with E-state index in [0.29, 0.717) is 23.9 Å². The van der Waals surface area contributed by atoms with Crippen molar-refractivity contribution < 1.29 is 52.3 Å². The molecule has 41 heavy (non-hydrogen) atoms. The number of pyridine rings is 1. The Kier molecular flexibility index (Phi) is 19.9. The lowest BCUT2D eigenvalue weighted by molar-refractivity contribution is -0.701. The fourth-order valence-corrected chi connectivity index (χ4v) is 4.71. The van der Waals surface area contributed by atoms with Gasteiger partial charge in [0, 0.05) is 25.1 Å². The van der Waals surface area contributed by atoms with E-state index in [1.54, 1.807) is 25.3 Å². The number of aromatic nitrogens is 1. The average Bonchev–Trinajstić information content (AvgIpc) is 2.97. The highest BCUT2D eigenvalue weighted by atomic mass is 127. The van der Waals surface area contributed by atoms with Crippen molar-refractivity contribution in [1.29, 1.82) is 0 Å². The van der Waals surface area contributed by atoms with Gasteiger partial charge in [0.15, 0.2) is 24.3 Å². The maximum Gasteiger partial charge on any atom is 0.267 e. The second-order valence-electron chi connectivity index (χ2n) is 10.3. The third-order valence-corrected chi connectivity index (χ3v) is 7.13. The number of amides is 2. The second kappa shape index (κ2) is 22.3. The third kappa shape index (κ3) is 14.4. The van der Waals surface area contributed by atoms with E-state index >= 15 is 0 Å². The van der Waals surface area contributed by atoms with Crippen molar-refractivity contribution in [3.63, 3.8) is 0 Å². The van der Waals surface area contributed by atoms with Gasteiger partial charge in [-0.05, 0) is 25.5 Å². The van der Waals surface area contributed by atoms with Crippen LogP contribution in [0.3, 0.4) is 0 Å². The molecule has 0 fully saturated rings. The van der Waals surface area contributed by atoms with E-state index in [1.165, 1.54) is 76.0 Å². The van der Waals surface area contributed by atoms with Crippen molar-refractivity contribution >= 4 is 11.8 Å². The van der Waals surface area contributed by atoms with E-state index in [9.17, 15) is 9.59 Å². The van der Waals surface area contributed by atoms with Crippen LogP contribution in [0.25, 0.3) is 0 Å². The zero-order valence-electron chi connectivity index (χ0n) is 25.7. The first kappa shape index (κ1) is 36.7. The van der Waals surface area contributed by atoms with Gasteiger partial charge in [-0.1, -0.05) is 83.6 Å². The van der Waals surface area contributed by atoms with Crippen molar-refractivity contribution in [3.05, 3.63) is 48.3 Å². The summed E-state index contributed by atoms with van der Waals surface area (Å²) in [6, 6.07) is 11.0. The summed E-state index contributed by atoms with van der Waals surface area (Å²) < 4.78 is 19.2.